The Balaban J connectivity index is 1.48. The van der Waals surface area contributed by atoms with Crippen LogP contribution in [0.3, 0.4) is 0 Å². The number of hydrogen-bond donors (Lipinski definition) is 2. The van der Waals surface area contributed by atoms with E-state index in [1.54, 1.807) is 11.3 Å². The number of hydrogen-bond acceptors (Lipinski definition) is 4. The summed E-state index contributed by atoms with van der Waals surface area (Å²) >= 11 is 1.76. The van der Waals surface area contributed by atoms with Crippen molar-refractivity contribution in [2.24, 2.45) is 4.99 Å². The molecule has 152 valence electrons. The molecular weight excluding hydrogens is 366 g/mol. The molecule has 2 N–H and O–H groups in total. The van der Waals surface area contributed by atoms with Crippen molar-refractivity contribution in [2.45, 2.75) is 25.9 Å². The number of piperazine rings is 1. The summed E-state index contributed by atoms with van der Waals surface area (Å²) in [4.78, 5) is 11.1. The van der Waals surface area contributed by atoms with Crippen molar-refractivity contribution in [3.05, 3.63) is 58.3 Å². The van der Waals surface area contributed by atoms with Gasteiger partial charge in [0.2, 0.25) is 0 Å². The molecule has 1 aliphatic heterocycles. The molecule has 0 bridgehead atoms. The summed E-state index contributed by atoms with van der Waals surface area (Å²) in [5.41, 5.74) is 1.42. The van der Waals surface area contributed by atoms with Gasteiger partial charge in [-0.15, -0.1) is 11.3 Å². The molecule has 2 aromatic rings. The fourth-order valence-electron chi connectivity index (χ4n) is 3.61. The lowest BCUT2D eigenvalue weighted by molar-refractivity contribution is 0.0891. The molecule has 28 heavy (non-hydrogen) atoms. The first kappa shape index (κ1) is 20.8. The minimum Gasteiger partial charge on any atom is -0.357 e. The fourth-order valence-corrected chi connectivity index (χ4v) is 4.23. The van der Waals surface area contributed by atoms with Crippen molar-refractivity contribution < 1.29 is 0 Å². The number of aliphatic imine (C=N–C) groups is 1. The van der Waals surface area contributed by atoms with E-state index < -0.39 is 0 Å². The smallest absolute Gasteiger partial charge is 0.191 e. The van der Waals surface area contributed by atoms with E-state index in [0.717, 1.165) is 58.2 Å². The molecule has 0 saturated carbocycles. The molecule has 1 fully saturated rings. The molecule has 1 unspecified atom stereocenters. The molecule has 2 heterocycles. The summed E-state index contributed by atoms with van der Waals surface area (Å²) in [6.45, 7) is 9.13. The number of likely N-dealkylation sites (N-methyl/N-ethyl adjacent to an activating group) is 1. The second-order valence-electron chi connectivity index (χ2n) is 7.28. The number of nitrogens with one attached hydrogen (secondary N) is 2. The molecule has 0 radical (unpaired) electrons. The quantitative estimate of drug-likeness (QED) is 0.406. The molecule has 1 aromatic heterocycles. The van der Waals surface area contributed by atoms with Gasteiger partial charge in [0.15, 0.2) is 5.96 Å². The highest BCUT2D eigenvalue weighted by atomic mass is 32.1. The van der Waals surface area contributed by atoms with Crippen LogP contribution >= 0.6 is 11.3 Å². The monoisotopic (exact) mass is 399 g/mol. The maximum absolute atomic E-state index is 4.70. The number of thiophene rings is 1. The van der Waals surface area contributed by atoms with Gasteiger partial charge in [0.25, 0.3) is 0 Å². The molecule has 0 aliphatic carbocycles. The van der Waals surface area contributed by atoms with E-state index in [2.05, 4.69) is 82.2 Å². The third-order valence-corrected chi connectivity index (χ3v) is 5.97. The number of guanidine groups is 1. The second-order valence-corrected chi connectivity index (χ2v) is 8.31. The van der Waals surface area contributed by atoms with Gasteiger partial charge < -0.3 is 15.5 Å². The van der Waals surface area contributed by atoms with E-state index in [4.69, 9.17) is 4.99 Å². The highest BCUT2D eigenvalue weighted by Crippen LogP contribution is 2.24. The van der Waals surface area contributed by atoms with Gasteiger partial charge in [0, 0.05) is 50.2 Å². The molecule has 1 saturated heterocycles. The standard InChI is InChI=1S/C22H33N5S/c1-3-23-22(25-17-20-11-7-16-28-20)24-12-8-13-27-15-14-26(2)18-21(27)19-9-5-4-6-10-19/h4-7,9-11,16,21H,3,8,12-15,17-18H2,1-2H3,(H2,23,24,25). The molecular formula is C22H33N5S. The van der Waals surface area contributed by atoms with E-state index in [9.17, 15) is 0 Å². The summed E-state index contributed by atoms with van der Waals surface area (Å²) < 4.78 is 0. The van der Waals surface area contributed by atoms with E-state index in [0.29, 0.717) is 6.04 Å². The summed E-state index contributed by atoms with van der Waals surface area (Å²) in [5, 5.41) is 8.94. The summed E-state index contributed by atoms with van der Waals surface area (Å²) in [7, 11) is 2.22. The molecule has 1 atom stereocenters. The van der Waals surface area contributed by atoms with Gasteiger partial charge >= 0.3 is 0 Å². The maximum atomic E-state index is 4.70. The van der Waals surface area contributed by atoms with Crippen LogP contribution in [0.4, 0.5) is 0 Å². The average Bonchev–Trinajstić information content (AvgIpc) is 3.24. The van der Waals surface area contributed by atoms with Gasteiger partial charge in [-0.1, -0.05) is 36.4 Å². The molecule has 0 spiro atoms. The lowest BCUT2D eigenvalue weighted by atomic mass is 10.0. The Morgan fingerprint density at radius 3 is 2.75 bits per heavy atom. The largest absolute Gasteiger partial charge is 0.357 e. The Kier molecular flexibility index (Phi) is 8.33. The third-order valence-electron chi connectivity index (χ3n) is 5.11. The molecule has 0 amide bonds. The van der Waals surface area contributed by atoms with Crippen LogP contribution < -0.4 is 10.6 Å². The van der Waals surface area contributed by atoms with Gasteiger partial charge in [-0.3, -0.25) is 4.90 Å². The van der Waals surface area contributed by atoms with Gasteiger partial charge in [-0.25, -0.2) is 4.99 Å². The van der Waals surface area contributed by atoms with Crippen molar-refractivity contribution >= 4 is 17.3 Å². The van der Waals surface area contributed by atoms with E-state index in [1.807, 2.05) is 0 Å². The van der Waals surface area contributed by atoms with Gasteiger partial charge in [0.05, 0.1) is 6.54 Å². The molecule has 6 heteroatoms. The first-order valence-electron chi connectivity index (χ1n) is 10.3. The number of rotatable bonds is 8. The highest BCUT2D eigenvalue weighted by Gasteiger charge is 2.25. The first-order valence-corrected chi connectivity index (χ1v) is 11.2. The van der Waals surface area contributed by atoms with Crippen LogP contribution in [0.15, 0.2) is 52.8 Å². The SMILES string of the molecule is CCNC(=NCc1cccs1)NCCCN1CCN(C)CC1c1ccccc1. The van der Waals surface area contributed by atoms with Crippen LogP contribution in [-0.2, 0) is 6.54 Å². The molecule has 1 aliphatic rings. The van der Waals surface area contributed by atoms with Crippen LogP contribution in [0.25, 0.3) is 0 Å². The van der Waals surface area contributed by atoms with Gasteiger partial charge in [0.1, 0.15) is 0 Å². The van der Waals surface area contributed by atoms with Crippen LogP contribution in [0.5, 0.6) is 0 Å². The summed E-state index contributed by atoms with van der Waals surface area (Å²) in [5.74, 6) is 0.911. The fraction of sp³-hybridized carbons (Fsp3) is 0.500. The number of nitrogens with zero attached hydrogens (tertiary/aromatic N) is 3. The molecule has 3 rings (SSSR count). The average molecular weight is 400 g/mol. The van der Waals surface area contributed by atoms with E-state index in [-0.39, 0.29) is 0 Å². The Morgan fingerprint density at radius 1 is 1.14 bits per heavy atom. The zero-order valence-electron chi connectivity index (χ0n) is 17.1. The minimum atomic E-state index is 0.487. The Bertz CT molecular complexity index is 701. The Hall–Kier alpha value is -1.89. The van der Waals surface area contributed by atoms with E-state index in [1.165, 1.54) is 10.4 Å². The Labute approximate surface area is 173 Å². The second kappa shape index (κ2) is 11.2. The minimum absolute atomic E-state index is 0.487. The van der Waals surface area contributed by atoms with Gasteiger partial charge in [-0.05, 0) is 37.4 Å². The van der Waals surface area contributed by atoms with Crippen LogP contribution in [0.1, 0.15) is 29.8 Å². The van der Waals surface area contributed by atoms with Crippen molar-refractivity contribution in [1.82, 2.24) is 20.4 Å². The summed E-state index contributed by atoms with van der Waals surface area (Å²) in [6, 6.07) is 15.6. The van der Waals surface area contributed by atoms with E-state index >= 15 is 0 Å². The zero-order valence-corrected chi connectivity index (χ0v) is 17.9. The number of benzene rings is 1. The Morgan fingerprint density at radius 2 is 2.00 bits per heavy atom. The summed E-state index contributed by atoms with van der Waals surface area (Å²) in [6.07, 6.45) is 1.11. The predicted molar refractivity (Wildman–Crippen MR) is 120 cm³/mol. The lowest BCUT2D eigenvalue weighted by Crippen LogP contribution is -2.47. The van der Waals surface area contributed by atoms with Crippen LogP contribution in [-0.4, -0.2) is 62.1 Å². The van der Waals surface area contributed by atoms with Crippen LogP contribution in [0.2, 0.25) is 0 Å². The normalized spacial score (nSPS) is 18.9. The van der Waals surface area contributed by atoms with Crippen molar-refractivity contribution in [3.63, 3.8) is 0 Å². The maximum Gasteiger partial charge on any atom is 0.191 e. The third kappa shape index (κ3) is 6.33. The topological polar surface area (TPSA) is 42.9 Å². The van der Waals surface area contributed by atoms with Gasteiger partial charge in [-0.2, -0.15) is 0 Å². The lowest BCUT2D eigenvalue weighted by Gasteiger charge is -2.40. The van der Waals surface area contributed by atoms with Crippen LogP contribution in [0, 0.1) is 0 Å². The van der Waals surface area contributed by atoms with Crippen molar-refractivity contribution in [2.75, 3.05) is 46.3 Å². The molecule has 5 nitrogen and oxygen atoms in total. The molecule has 1 aromatic carbocycles. The predicted octanol–water partition coefficient (Wildman–Crippen LogP) is 3.18. The first-order chi connectivity index (χ1) is 13.8. The highest BCUT2D eigenvalue weighted by molar-refractivity contribution is 7.09. The zero-order chi connectivity index (χ0) is 19.6. The van der Waals surface area contributed by atoms with Crippen molar-refractivity contribution in [3.8, 4) is 0 Å². The van der Waals surface area contributed by atoms with Crippen molar-refractivity contribution in [1.29, 1.82) is 0 Å².